The van der Waals surface area contributed by atoms with Gasteiger partial charge in [0.2, 0.25) is 17.7 Å². The summed E-state index contributed by atoms with van der Waals surface area (Å²) in [7, 11) is 0. The van der Waals surface area contributed by atoms with Crippen LogP contribution in [0.5, 0.6) is 5.75 Å². The van der Waals surface area contributed by atoms with E-state index >= 15 is 0 Å². The molecule has 8 nitrogen and oxygen atoms in total. The standard InChI is InChI=1S/C19H27N3O5/c1-11(2)17(19(27)20-12(3)10-23)22-18(26)16(21-13(4)24)9-14-5-7-15(25)8-6-14/h5-8,10-12,16-17,25H,9H2,1-4H3,(H,20,27)(H,21,24)(H,22,26)/t12?,16-,17-/m0/s1. The van der Waals surface area contributed by atoms with Gasteiger partial charge in [0, 0.05) is 13.3 Å². The Labute approximate surface area is 158 Å². The minimum atomic E-state index is -0.885. The van der Waals surface area contributed by atoms with Crippen LogP contribution < -0.4 is 16.0 Å². The van der Waals surface area contributed by atoms with Crippen molar-refractivity contribution in [3.8, 4) is 5.75 Å². The number of hydrogen-bond acceptors (Lipinski definition) is 5. The molecule has 0 aromatic heterocycles. The first-order valence-corrected chi connectivity index (χ1v) is 8.75. The molecule has 0 saturated heterocycles. The maximum atomic E-state index is 12.7. The average molecular weight is 377 g/mol. The van der Waals surface area contributed by atoms with E-state index in [2.05, 4.69) is 16.0 Å². The summed E-state index contributed by atoms with van der Waals surface area (Å²) in [5.74, 6) is -1.48. The predicted octanol–water partition coefficient (Wildman–Crippen LogP) is 0.284. The van der Waals surface area contributed by atoms with Crippen molar-refractivity contribution >= 4 is 24.0 Å². The molecule has 1 rings (SSSR count). The fourth-order valence-electron chi connectivity index (χ4n) is 2.46. The number of benzene rings is 1. The van der Waals surface area contributed by atoms with Gasteiger partial charge in [0.1, 0.15) is 24.1 Å². The Morgan fingerprint density at radius 2 is 1.59 bits per heavy atom. The monoisotopic (exact) mass is 377 g/mol. The van der Waals surface area contributed by atoms with E-state index in [0.717, 1.165) is 5.56 Å². The molecule has 0 aliphatic carbocycles. The highest BCUT2D eigenvalue weighted by molar-refractivity contribution is 5.92. The van der Waals surface area contributed by atoms with Gasteiger partial charge in [-0.05, 0) is 30.5 Å². The Balaban J connectivity index is 2.91. The highest BCUT2D eigenvalue weighted by Gasteiger charge is 2.29. The van der Waals surface area contributed by atoms with Gasteiger partial charge in [-0.2, -0.15) is 0 Å². The molecule has 1 aromatic rings. The van der Waals surface area contributed by atoms with Crippen LogP contribution in [0, 0.1) is 5.92 Å². The Kier molecular flexibility index (Phi) is 8.44. The van der Waals surface area contributed by atoms with Crippen molar-refractivity contribution in [3.63, 3.8) is 0 Å². The fourth-order valence-corrected chi connectivity index (χ4v) is 2.46. The predicted molar refractivity (Wildman–Crippen MR) is 99.9 cm³/mol. The number of carbonyl (C=O) groups is 4. The van der Waals surface area contributed by atoms with Gasteiger partial charge in [0.25, 0.3) is 0 Å². The maximum Gasteiger partial charge on any atom is 0.243 e. The van der Waals surface area contributed by atoms with Gasteiger partial charge in [-0.3, -0.25) is 14.4 Å². The molecule has 1 aromatic carbocycles. The van der Waals surface area contributed by atoms with E-state index in [0.29, 0.717) is 6.29 Å². The highest BCUT2D eigenvalue weighted by Crippen LogP contribution is 2.12. The summed E-state index contributed by atoms with van der Waals surface area (Å²) in [6.07, 6.45) is 0.797. The van der Waals surface area contributed by atoms with Gasteiger partial charge in [-0.1, -0.05) is 26.0 Å². The van der Waals surface area contributed by atoms with Crippen molar-refractivity contribution in [1.82, 2.24) is 16.0 Å². The molecule has 0 aliphatic heterocycles. The fraction of sp³-hybridized carbons (Fsp3) is 0.474. The zero-order valence-electron chi connectivity index (χ0n) is 16.0. The highest BCUT2D eigenvalue weighted by atomic mass is 16.3. The van der Waals surface area contributed by atoms with Crippen molar-refractivity contribution in [3.05, 3.63) is 29.8 Å². The van der Waals surface area contributed by atoms with Gasteiger partial charge in [0.05, 0.1) is 6.04 Å². The van der Waals surface area contributed by atoms with E-state index in [1.165, 1.54) is 26.0 Å². The summed E-state index contributed by atoms with van der Waals surface area (Å²) in [5, 5.41) is 17.1. The van der Waals surface area contributed by atoms with Crippen LogP contribution in [0.15, 0.2) is 24.3 Å². The molecule has 0 bridgehead atoms. The molecule has 3 atom stereocenters. The van der Waals surface area contributed by atoms with Crippen LogP contribution in [0.3, 0.4) is 0 Å². The van der Waals surface area contributed by atoms with Crippen molar-refractivity contribution in [2.24, 2.45) is 5.92 Å². The van der Waals surface area contributed by atoms with Crippen LogP contribution in [0.4, 0.5) is 0 Å². The Morgan fingerprint density at radius 1 is 1.00 bits per heavy atom. The van der Waals surface area contributed by atoms with Crippen molar-refractivity contribution < 1.29 is 24.3 Å². The quantitative estimate of drug-likeness (QED) is 0.460. The van der Waals surface area contributed by atoms with E-state index in [1.54, 1.807) is 26.0 Å². The molecule has 0 spiro atoms. The SMILES string of the molecule is CC(=O)N[C@@H](Cc1ccc(O)cc1)C(=O)N[C@H](C(=O)NC(C)C=O)C(C)C. The lowest BCUT2D eigenvalue weighted by Crippen LogP contribution is -2.56. The van der Waals surface area contributed by atoms with Gasteiger partial charge in [-0.25, -0.2) is 0 Å². The Hall–Kier alpha value is -2.90. The number of nitrogens with one attached hydrogen (secondary N) is 3. The Bertz CT molecular complexity index is 672. The van der Waals surface area contributed by atoms with Crippen LogP contribution in [0.2, 0.25) is 0 Å². The van der Waals surface area contributed by atoms with Gasteiger partial charge in [0.15, 0.2) is 0 Å². The number of carbonyl (C=O) groups excluding carboxylic acids is 4. The smallest absolute Gasteiger partial charge is 0.243 e. The van der Waals surface area contributed by atoms with E-state index in [1.807, 2.05) is 0 Å². The zero-order chi connectivity index (χ0) is 20.6. The minimum Gasteiger partial charge on any atom is -0.508 e. The molecular formula is C19H27N3O5. The normalized spacial score (nSPS) is 14.0. The molecule has 0 radical (unpaired) electrons. The molecule has 8 heteroatoms. The third-order valence-corrected chi connectivity index (χ3v) is 3.89. The van der Waals surface area contributed by atoms with Crippen LogP contribution in [-0.4, -0.2) is 47.2 Å². The van der Waals surface area contributed by atoms with E-state index < -0.39 is 29.9 Å². The van der Waals surface area contributed by atoms with Gasteiger partial charge >= 0.3 is 0 Å². The number of phenols is 1. The van der Waals surface area contributed by atoms with Crippen LogP contribution in [0.1, 0.15) is 33.3 Å². The molecule has 3 amide bonds. The maximum absolute atomic E-state index is 12.7. The number of rotatable bonds is 9. The first-order valence-electron chi connectivity index (χ1n) is 8.75. The molecular weight excluding hydrogens is 350 g/mol. The molecule has 0 saturated carbocycles. The summed E-state index contributed by atoms with van der Waals surface area (Å²) < 4.78 is 0. The lowest BCUT2D eigenvalue weighted by molar-refractivity contribution is -0.133. The zero-order valence-corrected chi connectivity index (χ0v) is 16.0. The second kappa shape index (κ2) is 10.3. The number of hydrogen-bond donors (Lipinski definition) is 4. The summed E-state index contributed by atoms with van der Waals surface area (Å²) in [6.45, 7) is 6.37. The molecule has 0 aliphatic rings. The molecule has 4 N–H and O–H groups in total. The summed E-state index contributed by atoms with van der Waals surface area (Å²) in [6, 6.07) is 3.87. The van der Waals surface area contributed by atoms with Gasteiger partial charge < -0.3 is 25.9 Å². The van der Waals surface area contributed by atoms with Crippen molar-refractivity contribution in [2.75, 3.05) is 0 Å². The molecule has 27 heavy (non-hydrogen) atoms. The lowest BCUT2D eigenvalue weighted by Gasteiger charge is -2.25. The average Bonchev–Trinajstić information content (AvgIpc) is 2.59. The van der Waals surface area contributed by atoms with E-state index in [9.17, 15) is 24.3 Å². The summed E-state index contributed by atoms with van der Waals surface area (Å²) in [4.78, 5) is 47.3. The third kappa shape index (κ3) is 7.47. The number of aromatic hydroxyl groups is 1. The van der Waals surface area contributed by atoms with Crippen molar-refractivity contribution in [2.45, 2.75) is 52.2 Å². The molecule has 148 valence electrons. The second-order valence-corrected chi connectivity index (χ2v) is 6.79. The topological polar surface area (TPSA) is 125 Å². The van der Waals surface area contributed by atoms with E-state index in [4.69, 9.17) is 0 Å². The molecule has 0 fully saturated rings. The van der Waals surface area contributed by atoms with E-state index in [-0.39, 0.29) is 24.0 Å². The lowest BCUT2D eigenvalue weighted by atomic mass is 10.0. The first-order chi connectivity index (χ1) is 12.6. The summed E-state index contributed by atoms with van der Waals surface area (Å²) in [5.41, 5.74) is 0.738. The van der Waals surface area contributed by atoms with Gasteiger partial charge in [-0.15, -0.1) is 0 Å². The molecule has 1 unspecified atom stereocenters. The van der Waals surface area contributed by atoms with Crippen LogP contribution >= 0.6 is 0 Å². The minimum absolute atomic E-state index is 0.0973. The second-order valence-electron chi connectivity index (χ2n) is 6.79. The summed E-state index contributed by atoms with van der Waals surface area (Å²) >= 11 is 0. The third-order valence-electron chi connectivity index (χ3n) is 3.89. The number of phenolic OH excluding ortho intramolecular Hbond substituents is 1. The first kappa shape index (κ1) is 22.1. The van der Waals surface area contributed by atoms with Crippen LogP contribution in [0.25, 0.3) is 0 Å². The number of amides is 3. The van der Waals surface area contributed by atoms with Crippen molar-refractivity contribution in [1.29, 1.82) is 0 Å². The number of aldehydes is 1. The molecule has 0 heterocycles. The van der Waals surface area contributed by atoms with Crippen LogP contribution in [-0.2, 0) is 25.6 Å². The Morgan fingerprint density at radius 3 is 2.07 bits per heavy atom. The largest absolute Gasteiger partial charge is 0.508 e.